The first-order chi connectivity index (χ1) is 7.27. The zero-order chi connectivity index (χ0) is 11.1. The highest BCUT2D eigenvalue weighted by Crippen LogP contribution is 2.27. The summed E-state index contributed by atoms with van der Waals surface area (Å²) in [4.78, 5) is 0.843. The Bertz CT molecular complexity index is 308. The normalized spacial score (nSPS) is 10.3. The highest BCUT2D eigenvalue weighted by Gasteiger charge is 2.03. The minimum atomic E-state index is 0.672. The summed E-state index contributed by atoms with van der Waals surface area (Å²) in [7, 11) is 0. The molecule has 0 saturated carbocycles. The molecule has 1 aromatic rings. The molecule has 0 aliphatic heterocycles. The second-order valence-corrected chi connectivity index (χ2v) is 4.51. The molecular weight excluding hydrogens is 331 g/mol. The first-order valence-corrected chi connectivity index (χ1v) is 6.49. The van der Waals surface area contributed by atoms with Crippen molar-refractivity contribution in [3.8, 4) is 5.75 Å². The fourth-order valence-electron chi connectivity index (χ4n) is 0.968. The zero-order valence-electron chi connectivity index (χ0n) is 8.10. The largest absolute Gasteiger partial charge is 0.493 e. The molecule has 0 amide bonds. The van der Waals surface area contributed by atoms with Gasteiger partial charge in [-0.1, -0.05) is 33.7 Å². The third kappa shape index (κ3) is 4.56. The van der Waals surface area contributed by atoms with Crippen LogP contribution in [0.15, 0.2) is 23.1 Å². The Balaban J connectivity index is 2.66. The van der Waals surface area contributed by atoms with E-state index in [0.29, 0.717) is 6.61 Å². The Morgan fingerprint density at radius 1 is 1.47 bits per heavy atom. The first-order valence-electron chi connectivity index (χ1n) is 4.22. The maximum atomic E-state index is 8.05. The summed E-state index contributed by atoms with van der Waals surface area (Å²) in [6.07, 6.45) is 0. The fourth-order valence-corrected chi connectivity index (χ4v) is 1.66. The van der Waals surface area contributed by atoms with Crippen molar-refractivity contribution in [2.75, 3.05) is 11.0 Å². The summed E-state index contributed by atoms with van der Waals surface area (Å²) in [6, 6.07) is 5.66. The van der Waals surface area contributed by atoms with Gasteiger partial charge in [0.25, 0.3) is 0 Å². The lowest BCUT2D eigenvalue weighted by Gasteiger charge is -2.07. The van der Waals surface area contributed by atoms with E-state index in [-0.39, 0.29) is 0 Å². The molecule has 0 saturated heterocycles. The number of ether oxygens (including phenoxy) is 1. The molecule has 1 N–H and O–H groups in total. The van der Waals surface area contributed by atoms with E-state index in [4.69, 9.17) is 9.99 Å². The van der Waals surface area contributed by atoms with E-state index in [1.165, 1.54) is 0 Å². The van der Waals surface area contributed by atoms with Crippen molar-refractivity contribution in [1.29, 1.82) is 0 Å². The van der Waals surface area contributed by atoms with Gasteiger partial charge < -0.3 is 4.74 Å². The molecule has 0 bridgehead atoms. The average Bonchev–Trinajstić information content (AvgIpc) is 2.26. The minimum Gasteiger partial charge on any atom is -0.493 e. The van der Waals surface area contributed by atoms with E-state index in [0.717, 1.165) is 32.7 Å². The van der Waals surface area contributed by atoms with Gasteiger partial charge in [0.15, 0.2) is 0 Å². The van der Waals surface area contributed by atoms with Crippen LogP contribution in [0.3, 0.4) is 0 Å². The monoisotopic (exact) mass is 342 g/mol. The van der Waals surface area contributed by atoms with Crippen molar-refractivity contribution in [2.45, 2.75) is 11.8 Å². The van der Waals surface area contributed by atoms with Gasteiger partial charge in [0.05, 0.1) is 18.6 Å². The quantitative estimate of drug-likeness (QED) is 0.283. The second-order valence-electron chi connectivity index (χ2n) is 2.69. The molecule has 0 radical (unpaired) electrons. The van der Waals surface area contributed by atoms with E-state index in [1.54, 1.807) is 0 Å². The highest BCUT2D eigenvalue weighted by molar-refractivity contribution is 14.1. The van der Waals surface area contributed by atoms with Crippen LogP contribution in [0.2, 0.25) is 0 Å². The molecule has 84 valence electrons. The third-order valence-corrected chi connectivity index (χ3v) is 2.85. The maximum Gasteiger partial charge on any atom is 0.120 e. The number of hydrogen-bond donors (Lipinski definition) is 1. The standard InChI is InChI=1S/C9H11IO4S/c1-7-2-3-8(12-5-4-10)6-9(7)15-14-13-11/h2-3,6,11H,4-5H2,1H3. The molecule has 0 aromatic heterocycles. The Hall–Kier alpha value is -0.0200. The van der Waals surface area contributed by atoms with Crippen LogP contribution >= 0.6 is 34.6 Å². The van der Waals surface area contributed by atoms with Crippen LogP contribution in [0.5, 0.6) is 5.75 Å². The molecule has 6 heteroatoms. The average molecular weight is 342 g/mol. The van der Waals surface area contributed by atoms with Gasteiger partial charge in [-0.05, 0) is 24.6 Å². The van der Waals surface area contributed by atoms with Gasteiger partial charge in [-0.15, -0.1) is 4.33 Å². The molecule has 1 aromatic carbocycles. The molecule has 0 heterocycles. The summed E-state index contributed by atoms with van der Waals surface area (Å²) < 4.78 is 10.8. The smallest absolute Gasteiger partial charge is 0.120 e. The van der Waals surface area contributed by atoms with Crippen molar-refractivity contribution in [1.82, 2.24) is 0 Å². The Kier molecular flexibility index (Phi) is 6.34. The van der Waals surface area contributed by atoms with Gasteiger partial charge in [0.1, 0.15) is 5.75 Å². The Morgan fingerprint density at radius 2 is 2.27 bits per heavy atom. The van der Waals surface area contributed by atoms with Gasteiger partial charge >= 0.3 is 0 Å². The van der Waals surface area contributed by atoms with Crippen molar-refractivity contribution >= 4 is 34.6 Å². The second kappa shape index (κ2) is 7.29. The van der Waals surface area contributed by atoms with Crippen LogP contribution in [0.4, 0.5) is 0 Å². The molecule has 0 aliphatic carbocycles. The Morgan fingerprint density at radius 3 is 2.93 bits per heavy atom. The van der Waals surface area contributed by atoms with Gasteiger partial charge in [-0.2, -0.15) is 0 Å². The van der Waals surface area contributed by atoms with Gasteiger partial charge in [0.2, 0.25) is 0 Å². The lowest BCUT2D eigenvalue weighted by Crippen LogP contribution is -1.97. The summed E-state index contributed by atoms with van der Waals surface area (Å²) >= 11 is 3.18. The molecule has 4 nitrogen and oxygen atoms in total. The van der Waals surface area contributed by atoms with E-state index in [1.807, 2.05) is 25.1 Å². The minimum absolute atomic E-state index is 0.672. The van der Waals surface area contributed by atoms with Crippen LogP contribution in [0.1, 0.15) is 5.56 Å². The summed E-state index contributed by atoms with van der Waals surface area (Å²) in [5.41, 5.74) is 1.03. The first kappa shape index (κ1) is 13.0. The molecule has 0 atom stereocenters. The van der Waals surface area contributed by atoms with E-state index < -0.39 is 0 Å². The van der Waals surface area contributed by atoms with Crippen LogP contribution in [0, 0.1) is 6.92 Å². The summed E-state index contributed by atoms with van der Waals surface area (Å²) in [5.74, 6) is 0.779. The molecule has 0 aliphatic rings. The zero-order valence-corrected chi connectivity index (χ0v) is 11.1. The van der Waals surface area contributed by atoms with Crippen molar-refractivity contribution in [3.05, 3.63) is 23.8 Å². The number of aryl methyl sites for hydroxylation is 1. The number of benzene rings is 1. The third-order valence-electron chi connectivity index (χ3n) is 1.66. The van der Waals surface area contributed by atoms with Gasteiger partial charge in [-0.3, -0.25) is 0 Å². The van der Waals surface area contributed by atoms with E-state index >= 15 is 0 Å². The molecule has 1 rings (SSSR count). The van der Waals surface area contributed by atoms with Crippen LogP contribution in [0.25, 0.3) is 0 Å². The van der Waals surface area contributed by atoms with Crippen LogP contribution < -0.4 is 4.74 Å². The molecule has 15 heavy (non-hydrogen) atoms. The topological polar surface area (TPSA) is 47.9 Å². The number of alkyl halides is 1. The molecule has 0 unspecified atom stereocenters. The van der Waals surface area contributed by atoms with Crippen molar-refractivity contribution < 1.29 is 19.4 Å². The predicted molar refractivity (Wildman–Crippen MR) is 66.2 cm³/mol. The van der Waals surface area contributed by atoms with Gasteiger partial charge in [0, 0.05) is 9.32 Å². The number of halogens is 1. The molecular formula is C9H11IO4S. The van der Waals surface area contributed by atoms with Crippen molar-refractivity contribution in [3.63, 3.8) is 0 Å². The predicted octanol–water partition coefficient (Wildman–Crippen LogP) is 3.24. The number of hydrogen-bond acceptors (Lipinski definition) is 5. The molecule has 0 fully saturated rings. The van der Waals surface area contributed by atoms with Crippen molar-refractivity contribution in [2.24, 2.45) is 0 Å². The summed E-state index contributed by atoms with van der Waals surface area (Å²) in [6.45, 7) is 2.61. The molecule has 0 spiro atoms. The van der Waals surface area contributed by atoms with Gasteiger partial charge in [-0.25, -0.2) is 5.26 Å². The van der Waals surface area contributed by atoms with Crippen LogP contribution in [-0.4, -0.2) is 16.3 Å². The highest BCUT2D eigenvalue weighted by atomic mass is 127. The summed E-state index contributed by atoms with van der Waals surface area (Å²) in [5, 5.41) is 11.6. The fraction of sp³-hybridized carbons (Fsp3) is 0.333. The lowest BCUT2D eigenvalue weighted by atomic mass is 10.2. The van der Waals surface area contributed by atoms with E-state index in [2.05, 4.69) is 32.0 Å². The lowest BCUT2D eigenvalue weighted by molar-refractivity contribution is -0.432. The SMILES string of the molecule is Cc1ccc(OCCI)cc1SOOO. The van der Waals surface area contributed by atoms with E-state index in [9.17, 15) is 0 Å². The Labute approximate surface area is 106 Å². The van der Waals surface area contributed by atoms with Crippen LogP contribution in [-0.2, 0) is 9.37 Å². The maximum absolute atomic E-state index is 8.05. The number of rotatable bonds is 6.